The predicted molar refractivity (Wildman–Crippen MR) is 252 cm³/mol. The van der Waals surface area contributed by atoms with Crippen LogP contribution >= 0.6 is 0 Å². The van der Waals surface area contributed by atoms with E-state index in [0.717, 1.165) is 55.9 Å². The van der Waals surface area contributed by atoms with Crippen molar-refractivity contribution in [1.29, 1.82) is 5.26 Å². The highest BCUT2D eigenvalue weighted by Gasteiger charge is 2.43. The summed E-state index contributed by atoms with van der Waals surface area (Å²) in [6, 6.07) is 67.0. The van der Waals surface area contributed by atoms with Crippen LogP contribution in [0.15, 0.2) is 194 Å². The lowest BCUT2D eigenvalue weighted by molar-refractivity contribution is 0.353. The van der Waals surface area contributed by atoms with E-state index in [1.165, 1.54) is 76.6 Å². The molecule has 1 spiro atoms. The van der Waals surface area contributed by atoms with Crippen LogP contribution in [0.1, 0.15) is 48.8 Å². The first-order chi connectivity index (χ1) is 30.6. The highest BCUT2D eigenvalue weighted by molar-refractivity contribution is 5.85. The topological polar surface area (TPSA) is 62.5 Å². The molecule has 294 valence electrons. The van der Waals surface area contributed by atoms with Gasteiger partial charge in [-0.15, -0.1) is 0 Å². The summed E-state index contributed by atoms with van der Waals surface area (Å²) >= 11 is 0. The quantitative estimate of drug-likeness (QED) is 0.161. The van der Waals surface area contributed by atoms with Gasteiger partial charge >= 0.3 is 0 Å². The normalized spacial score (nSPS) is 13.6. The molecule has 2 aliphatic rings. The molecule has 0 unspecified atom stereocenters. The van der Waals surface area contributed by atoms with Crippen LogP contribution in [0.2, 0.25) is 0 Å². The molecule has 1 fully saturated rings. The van der Waals surface area contributed by atoms with Gasteiger partial charge in [-0.25, -0.2) is 9.97 Å². The van der Waals surface area contributed by atoms with E-state index < -0.39 is 0 Å². The Morgan fingerprint density at radius 3 is 1.63 bits per heavy atom. The molecule has 4 heteroatoms. The zero-order chi connectivity index (χ0) is 41.5. The Morgan fingerprint density at radius 1 is 0.403 bits per heavy atom. The van der Waals surface area contributed by atoms with E-state index in [1.807, 2.05) is 36.5 Å². The number of fused-ring (bicyclic) bond motifs is 5. The minimum atomic E-state index is 0.0469. The summed E-state index contributed by atoms with van der Waals surface area (Å²) in [6.45, 7) is 0. The lowest BCUT2D eigenvalue weighted by Gasteiger charge is -2.36. The third-order valence-corrected chi connectivity index (χ3v) is 13.1. The number of nitrogens with zero attached hydrogens (tertiary/aromatic N) is 4. The molecule has 4 nitrogen and oxygen atoms in total. The number of pyridine rings is 1. The van der Waals surface area contributed by atoms with Gasteiger partial charge in [0.25, 0.3) is 0 Å². The van der Waals surface area contributed by atoms with Crippen LogP contribution in [0.5, 0.6) is 0 Å². The van der Waals surface area contributed by atoms with Gasteiger partial charge in [0.2, 0.25) is 0 Å². The molecule has 0 radical (unpaired) electrons. The Labute approximate surface area is 362 Å². The van der Waals surface area contributed by atoms with E-state index in [2.05, 4.69) is 163 Å². The summed E-state index contributed by atoms with van der Waals surface area (Å²) in [7, 11) is 0. The lowest BCUT2D eigenvalue weighted by atomic mass is 9.67. The monoisotopic (exact) mass is 794 g/mol. The molecule has 11 rings (SSSR count). The first kappa shape index (κ1) is 37.3. The maximum absolute atomic E-state index is 9.68. The fourth-order valence-electron chi connectivity index (χ4n) is 9.84. The number of rotatable bonds is 7. The third kappa shape index (κ3) is 6.79. The van der Waals surface area contributed by atoms with E-state index in [-0.39, 0.29) is 5.41 Å². The van der Waals surface area contributed by atoms with Crippen LogP contribution in [0.3, 0.4) is 0 Å². The van der Waals surface area contributed by atoms with Gasteiger partial charge in [0.15, 0.2) is 5.82 Å². The Balaban J connectivity index is 0.864. The Bertz CT molecular complexity index is 3120. The van der Waals surface area contributed by atoms with Crippen molar-refractivity contribution in [2.45, 2.75) is 37.5 Å². The first-order valence-electron chi connectivity index (χ1n) is 21.6. The van der Waals surface area contributed by atoms with Crippen LogP contribution in [0.4, 0.5) is 0 Å². The van der Waals surface area contributed by atoms with Crippen molar-refractivity contribution in [2.24, 2.45) is 0 Å². The molecule has 2 heterocycles. The fourth-order valence-corrected chi connectivity index (χ4v) is 9.84. The Kier molecular flexibility index (Phi) is 9.44. The number of hydrogen-bond acceptors (Lipinski definition) is 4. The van der Waals surface area contributed by atoms with E-state index in [0.29, 0.717) is 5.82 Å². The Hall–Kier alpha value is -7.74. The summed E-state index contributed by atoms with van der Waals surface area (Å²) in [5.74, 6) is 0.695. The predicted octanol–water partition coefficient (Wildman–Crippen LogP) is 14.6. The van der Waals surface area contributed by atoms with Gasteiger partial charge in [0.05, 0.1) is 23.0 Å². The zero-order valence-corrected chi connectivity index (χ0v) is 34.3. The number of benzene rings is 7. The molecule has 0 N–H and O–H groups in total. The first-order valence-corrected chi connectivity index (χ1v) is 21.6. The average molecular weight is 795 g/mol. The van der Waals surface area contributed by atoms with E-state index in [4.69, 9.17) is 9.97 Å². The van der Waals surface area contributed by atoms with Gasteiger partial charge in [0, 0.05) is 34.5 Å². The van der Waals surface area contributed by atoms with E-state index >= 15 is 0 Å². The second kappa shape index (κ2) is 15.7. The molecule has 0 aliphatic heterocycles. The lowest BCUT2D eigenvalue weighted by Crippen LogP contribution is -2.28. The third-order valence-electron chi connectivity index (χ3n) is 13.1. The van der Waals surface area contributed by atoms with Gasteiger partial charge in [0.1, 0.15) is 0 Å². The van der Waals surface area contributed by atoms with Gasteiger partial charge in [-0.2, -0.15) is 5.26 Å². The Morgan fingerprint density at radius 2 is 0.968 bits per heavy atom. The fraction of sp³-hybridized carbons (Fsp3) is 0.103. The number of hydrogen-bond donors (Lipinski definition) is 0. The van der Waals surface area contributed by atoms with Crippen molar-refractivity contribution in [2.75, 3.05) is 0 Å². The van der Waals surface area contributed by atoms with Gasteiger partial charge in [-0.05, 0) is 116 Å². The molecular weight excluding hydrogens is 753 g/mol. The zero-order valence-electron chi connectivity index (χ0n) is 34.3. The molecule has 7 aromatic carbocycles. The summed E-state index contributed by atoms with van der Waals surface area (Å²) in [6.07, 6.45) is 9.79. The molecule has 0 amide bonds. The maximum Gasteiger partial charge on any atom is 0.160 e. The minimum Gasteiger partial charge on any atom is -0.264 e. The second-order valence-electron chi connectivity index (χ2n) is 16.7. The van der Waals surface area contributed by atoms with Gasteiger partial charge < -0.3 is 0 Å². The van der Waals surface area contributed by atoms with Crippen LogP contribution < -0.4 is 0 Å². The molecule has 9 aromatic rings. The molecule has 2 aliphatic carbocycles. The molecule has 2 aromatic heterocycles. The van der Waals surface area contributed by atoms with Crippen molar-refractivity contribution in [3.8, 4) is 95.6 Å². The molecule has 62 heavy (non-hydrogen) atoms. The van der Waals surface area contributed by atoms with Crippen LogP contribution in [-0.2, 0) is 5.41 Å². The van der Waals surface area contributed by atoms with Crippen LogP contribution in [0, 0.1) is 11.3 Å². The molecule has 0 bridgehead atoms. The minimum absolute atomic E-state index is 0.0469. The van der Waals surface area contributed by atoms with Gasteiger partial charge in [-0.1, -0.05) is 165 Å². The highest BCUT2D eigenvalue weighted by atomic mass is 14.9. The summed E-state index contributed by atoms with van der Waals surface area (Å²) < 4.78 is 0. The molecular formula is C58H42N4. The number of nitriles is 1. The highest BCUT2D eigenvalue weighted by Crippen LogP contribution is 2.56. The molecule has 0 saturated heterocycles. The largest absolute Gasteiger partial charge is 0.264 e. The SMILES string of the molecule is N#Cc1ccc2c(c1)-c1ccc(-c3ccc(-c4ccc(-c5cccc(-c6cc(-c7ccc(-c8cccnc8)cc7)nc(-c7ccccc7)n6)c5)cc4)cc3)cc1C21CCCCC1. The standard InChI is InChI=1S/C58H42N4/c59-37-39-14-29-53-52(33-39)51-28-27-48(35-54(51)58(53)30-5-2-6-31-58)43-21-17-41(18-22-43)40-15-19-42(20-16-40)47-11-7-12-49(34-47)56-36-55(61-57(62-56)46-9-3-1-4-10-46)45-25-23-44(24-26-45)50-13-8-32-60-38-50/h1,3-4,7-29,32-36,38H,2,5-6,30-31H2. The van der Waals surface area contributed by atoms with Gasteiger partial charge in [-0.3, -0.25) is 4.98 Å². The van der Waals surface area contributed by atoms with Crippen molar-refractivity contribution in [3.63, 3.8) is 0 Å². The maximum atomic E-state index is 9.68. The summed E-state index contributed by atoms with van der Waals surface area (Å²) in [4.78, 5) is 14.5. The van der Waals surface area contributed by atoms with Crippen LogP contribution in [0.25, 0.3) is 89.5 Å². The van der Waals surface area contributed by atoms with Crippen molar-refractivity contribution >= 4 is 0 Å². The molecule has 0 atom stereocenters. The summed E-state index contributed by atoms with van der Waals surface area (Å²) in [5.41, 5.74) is 20.3. The van der Waals surface area contributed by atoms with Crippen molar-refractivity contribution in [3.05, 3.63) is 211 Å². The summed E-state index contributed by atoms with van der Waals surface area (Å²) in [5, 5.41) is 9.68. The second-order valence-corrected chi connectivity index (χ2v) is 16.7. The smallest absolute Gasteiger partial charge is 0.160 e. The van der Waals surface area contributed by atoms with Crippen molar-refractivity contribution < 1.29 is 0 Å². The van der Waals surface area contributed by atoms with Crippen LogP contribution in [-0.4, -0.2) is 15.0 Å². The molecule has 1 saturated carbocycles. The van der Waals surface area contributed by atoms with E-state index in [9.17, 15) is 5.26 Å². The van der Waals surface area contributed by atoms with Crippen molar-refractivity contribution in [1.82, 2.24) is 15.0 Å². The number of aromatic nitrogens is 3. The average Bonchev–Trinajstić information content (AvgIpc) is 3.61. The van der Waals surface area contributed by atoms with E-state index in [1.54, 1.807) is 6.20 Å².